The summed E-state index contributed by atoms with van der Waals surface area (Å²) in [6.07, 6.45) is 0.207. The molecular weight excluding hydrogens is 384 g/mol. The van der Waals surface area contributed by atoms with Crippen LogP contribution in [0.25, 0.3) is 0 Å². The molecule has 2 amide bonds. The van der Waals surface area contributed by atoms with E-state index >= 15 is 0 Å². The summed E-state index contributed by atoms with van der Waals surface area (Å²) >= 11 is 0. The molecule has 1 heterocycles. The zero-order chi connectivity index (χ0) is 21.5. The average Bonchev–Trinajstić information content (AvgIpc) is 2.74. The van der Waals surface area contributed by atoms with E-state index in [9.17, 15) is 9.59 Å². The Morgan fingerprint density at radius 3 is 2.60 bits per heavy atom. The number of nitrogens with zero attached hydrogens (tertiary/aromatic N) is 1. The molecule has 2 aromatic carbocycles. The smallest absolute Gasteiger partial charge is 0.243 e. The van der Waals surface area contributed by atoms with Crippen molar-refractivity contribution < 1.29 is 23.8 Å². The Morgan fingerprint density at radius 2 is 1.83 bits per heavy atom. The topological polar surface area (TPSA) is 77.1 Å². The van der Waals surface area contributed by atoms with Crippen LogP contribution in [-0.2, 0) is 9.59 Å². The molecule has 0 spiro atoms. The van der Waals surface area contributed by atoms with Gasteiger partial charge in [0, 0.05) is 18.3 Å². The van der Waals surface area contributed by atoms with Crippen molar-refractivity contribution in [2.24, 2.45) is 0 Å². The van der Waals surface area contributed by atoms with Gasteiger partial charge in [-0.1, -0.05) is 12.1 Å². The minimum absolute atomic E-state index is 0.0206. The predicted molar refractivity (Wildman–Crippen MR) is 114 cm³/mol. The SMILES string of the molecule is CCN(CC(=O)Nc1ccc2c(c1)OCCO2)C(=O)CCOc1cc(C)ccc1C. The summed E-state index contributed by atoms with van der Waals surface area (Å²) in [4.78, 5) is 26.5. The number of likely N-dealkylation sites (N-methyl/N-ethyl adjacent to an activating group) is 1. The molecule has 1 aliphatic heterocycles. The van der Waals surface area contributed by atoms with Gasteiger partial charge in [0.15, 0.2) is 11.5 Å². The zero-order valence-electron chi connectivity index (χ0n) is 17.7. The molecule has 0 atom stereocenters. The molecule has 0 aliphatic carbocycles. The lowest BCUT2D eigenvalue weighted by Gasteiger charge is -2.21. The largest absolute Gasteiger partial charge is 0.493 e. The van der Waals surface area contributed by atoms with Gasteiger partial charge in [0.05, 0.1) is 19.6 Å². The van der Waals surface area contributed by atoms with Gasteiger partial charge in [-0.2, -0.15) is 0 Å². The van der Waals surface area contributed by atoms with Crippen molar-refractivity contribution in [3.63, 3.8) is 0 Å². The fraction of sp³-hybridized carbons (Fsp3) is 0.391. The summed E-state index contributed by atoms with van der Waals surface area (Å²) in [6, 6.07) is 11.2. The minimum Gasteiger partial charge on any atom is -0.493 e. The third-order valence-electron chi connectivity index (χ3n) is 4.81. The Bertz CT molecular complexity index is 912. The Hall–Kier alpha value is -3.22. The summed E-state index contributed by atoms with van der Waals surface area (Å²) in [5.74, 6) is 1.65. The van der Waals surface area contributed by atoms with Crippen LogP contribution in [0.2, 0.25) is 0 Å². The lowest BCUT2D eigenvalue weighted by Crippen LogP contribution is -2.38. The first kappa shape index (κ1) is 21.5. The molecule has 0 radical (unpaired) electrons. The van der Waals surface area contributed by atoms with E-state index in [-0.39, 0.29) is 31.4 Å². The maximum absolute atomic E-state index is 12.5. The van der Waals surface area contributed by atoms with Crippen LogP contribution in [0.4, 0.5) is 5.69 Å². The Labute approximate surface area is 176 Å². The number of anilines is 1. The molecule has 30 heavy (non-hydrogen) atoms. The number of fused-ring (bicyclic) bond motifs is 1. The number of hydrogen-bond acceptors (Lipinski definition) is 5. The van der Waals surface area contributed by atoms with Crippen LogP contribution in [0.15, 0.2) is 36.4 Å². The Morgan fingerprint density at radius 1 is 1.07 bits per heavy atom. The predicted octanol–water partition coefficient (Wildman–Crippen LogP) is 3.33. The molecule has 7 nitrogen and oxygen atoms in total. The van der Waals surface area contributed by atoms with Crippen molar-refractivity contribution in [1.29, 1.82) is 0 Å². The minimum atomic E-state index is -0.266. The number of nitrogens with one attached hydrogen (secondary N) is 1. The van der Waals surface area contributed by atoms with Crippen molar-refractivity contribution in [2.45, 2.75) is 27.2 Å². The van der Waals surface area contributed by atoms with Crippen molar-refractivity contribution in [3.8, 4) is 17.2 Å². The second kappa shape index (κ2) is 10.0. The van der Waals surface area contributed by atoms with E-state index in [0.717, 1.165) is 16.9 Å². The normalized spacial score (nSPS) is 12.2. The summed E-state index contributed by atoms with van der Waals surface area (Å²) in [5.41, 5.74) is 2.73. The highest BCUT2D eigenvalue weighted by Gasteiger charge is 2.17. The molecule has 160 valence electrons. The maximum atomic E-state index is 12.5. The molecule has 2 aromatic rings. The molecule has 0 fully saturated rings. The fourth-order valence-corrected chi connectivity index (χ4v) is 3.14. The van der Waals surface area contributed by atoms with Gasteiger partial charge in [0.1, 0.15) is 19.0 Å². The Balaban J connectivity index is 1.49. The number of amides is 2. The van der Waals surface area contributed by atoms with E-state index in [4.69, 9.17) is 14.2 Å². The third kappa shape index (κ3) is 5.65. The van der Waals surface area contributed by atoms with E-state index in [2.05, 4.69) is 5.32 Å². The highest BCUT2D eigenvalue weighted by Crippen LogP contribution is 2.32. The molecule has 7 heteroatoms. The number of ether oxygens (including phenoxy) is 3. The van der Waals surface area contributed by atoms with Gasteiger partial charge in [-0.15, -0.1) is 0 Å². The Kier molecular flexibility index (Phi) is 7.17. The first-order valence-corrected chi connectivity index (χ1v) is 10.1. The molecule has 0 bridgehead atoms. The second-order valence-corrected chi connectivity index (χ2v) is 7.18. The van der Waals surface area contributed by atoms with Crippen molar-refractivity contribution in [1.82, 2.24) is 4.90 Å². The van der Waals surface area contributed by atoms with Crippen molar-refractivity contribution in [3.05, 3.63) is 47.5 Å². The summed E-state index contributed by atoms with van der Waals surface area (Å²) < 4.78 is 16.8. The maximum Gasteiger partial charge on any atom is 0.243 e. The first-order chi connectivity index (χ1) is 14.5. The number of aryl methyl sites for hydroxylation is 2. The van der Waals surface area contributed by atoms with Gasteiger partial charge in [0.2, 0.25) is 11.8 Å². The zero-order valence-corrected chi connectivity index (χ0v) is 17.7. The van der Waals surface area contributed by atoms with Crippen molar-refractivity contribution >= 4 is 17.5 Å². The van der Waals surface area contributed by atoms with Gasteiger partial charge >= 0.3 is 0 Å². The molecular formula is C23H28N2O5. The number of carbonyl (C=O) groups excluding carboxylic acids is 2. The van der Waals surface area contributed by atoms with Gasteiger partial charge in [-0.3, -0.25) is 9.59 Å². The van der Waals surface area contributed by atoms with Crippen molar-refractivity contribution in [2.75, 3.05) is 38.2 Å². The van der Waals surface area contributed by atoms with Crippen LogP contribution < -0.4 is 19.5 Å². The van der Waals surface area contributed by atoms with E-state index in [1.165, 1.54) is 4.90 Å². The van der Waals surface area contributed by atoms with Crippen LogP contribution in [0, 0.1) is 13.8 Å². The molecule has 0 saturated heterocycles. The average molecular weight is 412 g/mol. The molecule has 3 rings (SSSR count). The third-order valence-corrected chi connectivity index (χ3v) is 4.81. The van der Waals surface area contributed by atoms with Gasteiger partial charge in [0.25, 0.3) is 0 Å². The first-order valence-electron chi connectivity index (χ1n) is 10.1. The van der Waals surface area contributed by atoms with E-state index in [1.54, 1.807) is 18.2 Å². The van der Waals surface area contributed by atoms with Gasteiger partial charge in [-0.05, 0) is 50.1 Å². The highest BCUT2D eigenvalue weighted by molar-refractivity contribution is 5.94. The fourth-order valence-electron chi connectivity index (χ4n) is 3.14. The van der Waals surface area contributed by atoms with Crippen LogP contribution in [0.5, 0.6) is 17.2 Å². The van der Waals surface area contributed by atoms with Gasteiger partial charge < -0.3 is 24.4 Å². The number of rotatable bonds is 8. The summed E-state index contributed by atoms with van der Waals surface area (Å²) in [6.45, 7) is 7.49. The standard InChI is InChI=1S/C23H28N2O5/c1-4-25(23(27)9-10-28-20-13-16(2)5-6-17(20)3)15-22(26)24-18-7-8-19-21(14-18)30-12-11-29-19/h5-8,13-14H,4,9-12,15H2,1-3H3,(H,24,26). The molecule has 0 aromatic heterocycles. The van der Waals surface area contributed by atoms with E-state index in [1.807, 2.05) is 39.0 Å². The highest BCUT2D eigenvalue weighted by atomic mass is 16.6. The molecule has 0 saturated carbocycles. The second-order valence-electron chi connectivity index (χ2n) is 7.18. The van der Waals surface area contributed by atoms with Gasteiger partial charge in [-0.25, -0.2) is 0 Å². The molecule has 1 N–H and O–H groups in total. The van der Waals surface area contributed by atoms with E-state index < -0.39 is 0 Å². The number of benzene rings is 2. The quantitative estimate of drug-likeness (QED) is 0.720. The number of carbonyl (C=O) groups is 2. The van der Waals surface area contributed by atoms with Crippen LogP contribution in [0.3, 0.4) is 0 Å². The summed E-state index contributed by atoms with van der Waals surface area (Å²) in [7, 11) is 0. The number of hydrogen-bond donors (Lipinski definition) is 1. The summed E-state index contributed by atoms with van der Waals surface area (Å²) in [5, 5.41) is 2.81. The lowest BCUT2D eigenvalue weighted by molar-refractivity contribution is -0.134. The lowest BCUT2D eigenvalue weighted by atomic mass is 10.1. The molecule has 0 unspecified atom stereocenters. The molecule has 1 aliphatic rings. The van der Waals surface area contributed by atoms with Crippen LogP contribution in [-0.4, -0.2) is 49.6 Å². The monoisotopic (exact) mass is 412 g/mol. The van der Waals surface area contributed by atoms with Crippen LogP contribution in [0.1, 0.15) is 24.5 Å². The van der Waals surface area contributed by atoms with E-state index in [0.29, 0.717) is 36.9 Å². The van der Waals surface area contributed by atoms with Crippen LogP contribution >= 0.6 is 0 Å².